The van der Waals surface area contributed by atoms with Crippen molar-refractivity contribution in [2.45, 2.75) is 19.3 Å². The van der Waals surface area contributed by atoms with Gasteiger partial charge in [-0.3, -0.25) is 9.97 Å². The summed E-state index contributed by atoms with van der Waals surface area (Å²) < 4.78 is 2.38. The SMILES string of the molecule is CC1(C)c2cc(-c3ccc(-c4cccc(-c5ccc6c(c5)c5ccccc5c5nccnc65)c4)cc3)ccc2-c2ccc(-c3ccc4c(c3)c3ccccc3n4-c3ccccc3)cc21. The van der Waals surface area contributed by atoms with Crippen LogP contribution in [0.15, 0.2) is 213 Å². The molecule has 0 saturated heterocycles. The number of aromatic nitrogens is 3. The standard InChI is InChI=1S/C61H41N3/c1-61(2)55-36-44(23-27-48(55)49-28-24-45(37-56(49)61)43-26-30-58-54(35-43)50-16-8-9-18-57(50)64(58)46-13-4-3-5-14-46)39-21-19-38(20-22-39)40-11-10-12-41(33-40)42-25-29-52-53(34-42)47-15-6-7-17-51(47)59-60(52)63-32-31-62-59/h3-37H,1-2H3. The van der Waals surface area contributed by atoms with Gasteiger partial charge in [-0.25, -0.2) is 0 Å². The fourth-order valence-corrected chi connectivity index (χ4v) is 10.6. The number of benzene rings is 10. The maximum Gasteiger partial charge on any atom is 0.0971 e. The normalized spacial score (nSPS) is 13.0. The Labute approximate surface area is 371 Å². The molecule has 0 saturated carbocycles. The Morgan fingerprint density at radius 2 is 0.797 bits per heavy atom. The van der Waals surface area contributed by atoms with Crippen LogP contribution < -0.4 is 0 Å². The summed E-state index contributed by atoms with van der Waals surface area (Å²) in [7, 11) is 0. The van der Waals surface area contributed by atoms with E-state index in [0.717, 1.165) is 21.8 Å². The summed E-state index contributed by atoms with van der Waals surface area (Å²) in [4.78, 5) is 9.46. The van der Waals surface area contributed by atoms with E-state index in [2.05, 4.69) is 219 Å². The van der Waals surface area contributed by atoms with E-state index in [1.165, 1.54) is 105 Å². The number of para-hydroxylation sites is 2. The van der Waals surface area contributed by atoms with Crippen LogP contribution in [-0.2, 0) is 5.41 Å². The quantitative estimate of drug-likeness (QED) is 0.162. The van der Waals surface area contributed by atoms with Crippen LogP contribution in [0.4, 0.5) is 0 Å². The Morgan fingerprint density at radius 3 is 1.48 bits per heavy atom. The van der Waals surface area contributed by atoms with Crippen LogP contribution in [0.1, 0.15) is 25.0 Å². The predicted octanol–water partition coefficient (Wildman–Crippen LogP) is 16.0. The molecule has 2 aromatic heterocycles. The van der Waals surface area contributed by atoms with Crippen molar-refractivity contribution in [2.75, 3.05) is 0 Å². The fourth-order valence-electron chi connectivity index (χ4n) is 10.6. The number of hydrogen-bond acceptors (Lipinski definition) is 2. The molecule has 0 aliphatic heterocycles. The summed E-state index contributed by atoms with van der Waals surface area (Å²) in [5.74, 6) is 0. The Bertz CT molecular complexity index is 3820. The molecule has 0 N–H and O–H groups in total. The lowest BCUT2D eigenvalue weighted by Gasteiger charge is -2.22. The van der Waals surface area contributed by atoms with Gasteiger partial charge in [-0.2, -0.15) is 0 Å². The summed E-state index contributed by atoms with van der Waals surface area (Å²) in [5, 5.41) is 7.18. The van der Waals surface area contributed by atoms with Crippen LogP contribution in [0, 0.1) is 0 Å². The largest absolute Gasteiger partial charge is 0.309 e. The Hall–Kier alpha value is -8.14. The minimum atomic E-state index is -0.153. The highest BCUT2D eigenvalue weighted by atomic mass is 15.0. The van der Waals surface area contributed by atoms with Crippen molar-refractivity contribution < 1.29 is 0 Å². The minimum absolute atomic E-state index is 0.153. The molecule has 2 heterocycles. The Balaban J connectivity index is 0.805. The van der Waals surface area contributed by atoms with Crippen molar-refractivity contribution in [3.8, 4) is 61.3 Å². The van der Waals surface area contributed by atoms with Gasteiger partial charge < -0.3 is 4.57 Å². The van der Waals surface area contributed by atoms with E-state index in [9.17, 15) is 0 Å². The molecule has 1 aliphatic carbocycles. The first-order valence-electron chi connectivity index (χ1n) is 22.1. The van der Waals surface area contributed by atoms with E-state index in [1.807, 2.05) is 0 Å². The number of nitrogens with zero attached hydrogens (tertiary/aromatic N) is 3. The second-order valence-corrected chi connectivity index (χ2v) is 17.8. The van der Waals surface area contributed by atoms with Crippen LogP contribution >= 0.6 is 0 Å². The fraction of sp³-hybridized carbons (Fsp3) is 0.0492. The summed E-state index contributed by atoms with van der Waals surface area (Å²) in [5.41, 5.74) is 20.5. The molecular formula is C61H41N3. The molecule has 64 heavy (non-hydrogen) atoms. The molecule has 3 nitrogen and oxygen atoms in total. The Kier molecular flexibility index (Phi) is 7.95. The van der Waals surface area contributed by atoms with E-state index in [1.54, 1.807) is 12.4 Å². The molecule has 13 rings (SSSR count). The summed E-state index contributed by atoms with van der Waals surface area (Å²) in [6.07, 6.45) is 3.57. The van der Waals surface area contributed by atoms with Crippen LogP contribution in [-0.4, -0.2) is 14.5 Å². The third-order valence-electron chi connectivity index (χ3n) is 13.9. The van der Waals surface area contributed by atoms with Crippen molar-refractivity contribution in [3.05, 3.63) is 224 Å². The summed E-state index contributed by atoms with van der Waals surface area (Å²) >= 11 is 0. The number of hydrogen-bond donors (Lipinski definition) is 0. The van der Waals surface area contributed by atoms with E-state index in [0.29, 0.717) is 0 Å². The molecule has 0 bridgehead atoms. The average molecular weight is 816 g/mol. The van der Waals surface area contributed by atoms with E-state index in [4.69, 9.17) is 9.97 Å². The third kappa shape index (κ3) is 5.54. The maximum atomic E-state index is 4.75. The Morgan fingerprint density at radius 1 is 0.328 bits per heavy atom. The predicted molar refractivity (Wildman–Crippen MR) is 268 cm³/mol. The van der Waals surface area contributed by atoms with Gasteiger partial charge in [0.05, 0.1) is 22.1 Å². The zero-order valence-corrected chi connectivity index (χ0v) is 35.5. The van der Waals surface area contributed by atoms with Crippen LogP contribution in [0.2, 0.25) is 0 Å². The highest BCUT2D eigenvalue weighted by Crippen LogP contribution is 2.51. The highest BCUT2D eigenvalue weighted by Gasteiger charge is 2.36. The molecule has 3 heteroatoms. The lowest BCUT2D eigenvalue weighted by molar-refractivity contribution is 0.661. The minimum Gasteiger partial charge on any atom is -0.309 e. The van der Waals surface area contributed by atoms with Crippen molar-refractivity contribution >= 4 is 54.4 Å². The van der Waals surface area contributed by atoms with Crippen molar-refractivity contribution in [1.82, 2.24) is 14.5 Å². The van der Waals surface area contributed by atoms with Gasteiger partial charge in [0.2, 0.25) is 0 Å². The van der Waals surface area contributed by atoms with E-state index >= 15 is 0 Å². The van der Waals surface area contributed by atoms with Gasteiger partial charge in [-0.05, 0) is 132 Å². The van der Waals surface area contributed by atoms with Gasteiger partial charge >= 0.3 is 0 Å². The van der Waals surface area contributed by atoms with Crippen LogP contribution in [0.3, 0.4) is 0 Å². The first kappa shape index (κ1) is 36.5. The van der Waals surface area contributed by atoms with Crippen molar-refractivity contribution in [1.29, 1.82) is 0 Å². The second kappa shape index (κ2) is 13.9. The molecule has 0 spiro atoms. The first-order chi connectivity index (χ1) is 31.5. The van der Waals surface area contributed by atoms with Crippen LogP contribution in [0.5, 0.6) is 0 Å². The van der Waals surface area contributed by atoms with Crippen molar-refractivity contribution in [2.24, 2.45) is 0 Å². The van der Waals surface area contributed by atoms with Gasteiger partial charge in [-0.15, -0.1) is 0 Å². The summed E-state index contributed by atoms with van der Waals surface area (Å²) in [6, 6.07) is 73.8. The molecule has 0 atom stereocenters. The third-order valence-corrected chi connectivity index (χ3v) is 13.9. The maximum absolute atomic E-state index is 4.75. The smallest absolute Gasteiger partial charge is 0.0971 e. The zero-order chi connectivity index (χ0) is 42.5. The van der Waals surface area contributed by atoms with Gasteiger partial charge in [0.25, 0.3) is 0 Å². The molecule has 12 aromatic rings. The molecule has 10 aromatic carbocycles. The van der Waals surface area contributed by atoms with Crippen molar-refractivity contribution in [3.63, 3.8) is 0 Å². The monoisotopic (exact) mass is 815 g/mol. The molecule has 1 aliphatic rings. The topological polar surface area (TPSA) is 30.7 Å². The highest BCUT2D eigenvalue weighted by molar-refractivity contribution is 6.23. The number of rotatable bonds is 5. The summed E-state index contributed by atoms with van der Waals surface area (Å²) in [6.45, 7) is 4.76. The molecule has 0 amide bonds. The second-order valence-electron chi connectivity index (χ2n) is 17.8. The van der Waals surface area contributed by atoms with Gasteiger partial charge in [0.15, 0.2) is 0 Å². The lowest BCUT2D eigenvalue weighted by atomic mass is 9.80. The average Bonchev–Trinajstić information content (AvgIpc) is 3.81. The van der Waals surface area contributed by atoms with Gasteiger partial charge in [0, 0.05) is 45.0 Å². The molecule has 0 radical (unpaired) electrons. The van der Waals surface area contributed by atoms with Crippen LogP contribution in [0.25, 0.3) is 116 Å². The number of fused-ring (bicyclic) bond motifs is 12. The molecular weight excluding hydrogens is 775 g/mol. The van der Waals surface area contributed by atoms with Gasteiger partial charge in [-0.1, -0.05) is 159 Å². The first-order valence-corrected chi connectivity index (χ1v) is 22.1. The lowest BCUT2D eigenvalue weighted by Crippen LogP contribution is -2.15. The molecule has 0 fully saturated rings. The van der Waals surface area contributed by atoms with E-state index < -0.39 is 0 Å². The molecule has 300 valence electrons. The molecule has 0 unspecified atom stereocenters. The zero-order valence-electron chi connectivity index (χ0n) is 35.5. The van der Waals surface area contributed by atoms with Gasteiger partial charge in [0.1, 0.15) is 0 Å². The van der Waals surface area contributed by atoms with E-state index in [-0.39, 0.29) is 5.41 Å².